The Morgan fingerprint density at radius 2 is 1.73 bits per heavy atom. The van der Waals surface area contributed by atoms with Crippen LogP contribution in [0.1, 0.15) is 42.4 Å². The topological polar surface area (TPSA) is 82.1 Å². The number of rotatable bonds is 10. The summed E-state index contributed by atoms with van der Waals surface area (Å²) in [5.74, 6) is -4.31. The van der Waals surface area contributed by atoms with Crippen LogP contribution < -0.4 is 10.1 Å². The summed E-state index contributed by atoms with van der Waals surface area (Å²) in [7, 11) is 0. The van der Waals surface area contributed by atoms with Gasteiger partial charge in [0, 0.05) is 42.3 Å². The Morgan fingerprint density at radius 1 is 1.00 bits per heavy atom. The van der Waals surface area contributed by atoms with Crippen LogP contribution in [0.3, 0.4) is 0 Å². The van der Waals surface area contributed by atoms with E-state index in [1.165, 1.54) is 4.90 Å². The van der Waals surface area contributed by atoms with E-state index in [1.54, 1.807) is 0 Å². The molecule has 2 bridgehead atoms. The van der Waals surface area contributed by atoms with E-state index in [0.29, 0.717) is 49.0 Å². The average Bonchev–Trinajstić information content (AvgIpc) is 3.87. The Kier molecular flexibility index (Phi) is 9.05. The van der Waals surface area contributed by atoms with E-state index in [2.05, 4.69) is 5.32 Å². The number of nitrogens with zero attached hydrogens (tertiary/aromatic N) is 2. The summed E-state index contributed by atoms with van der Waals surface area (Å²) >= 11 is 6.47. The maximum atomic E-state index is 14.4. The lowest BCUT2D eigenvalue weighted by molar-refractivity contribution is -0.128. The molecule has 45 heavy (non-hydrogen) atoms. The normalized spacial score (nSPS) is 19.4. The van der Waals surface area contributed by atoms with E-state index in [0.717, 1.165) is 41.2 Å². The number of amides is 2. The summed E-state index contributed by atoms with van der Waals surface area (Å²) in [4.78, 5) is 29.6. The van der Waals surface area contributed by atoms with Crippen molar-refractivity contribution in [1.82, 2.24) is 15.1 Å². The first-order valence-corrected chi connectivity index (χ1v) is 15.4. The molecule has 0 radical (unpaired) electrons. The lowest BCUT2D eigenvalue weighted by Gasteiger charge is -2.44. The molecule has 0 aromatic heterocycles. The summed E-state index contributed by atoms with van der Waals surface area (Å²) in [5.41, 5.74) is 4.18. The van der Waals surface area contributed by atoms with Crippen molar-refractivity contribution in [2.75, 3.05) is 19.7 Å². The number of benzene rings is 3. The number of carbonyl (C=O) groups excluding carboxylic acids is 1. The molecule has 2 heterocycles. The van der Waals surface area contributed by atoms with Crippen LogP contribution in [-0.2, 0) is 17.8 Å². The molecule has 6 rings (SSSR count). The molecular formula is C34H33ClF3N3O4. The zero-order valence-corrected chi connectivity index (χ0v) is 25.2. The maximum Gasteiger partial charge on any atom is 0.407 e. The van der Waals surface area contributed by atoms with Crippen LogP contribution in [0.5, 0.6) is 5.75 Å². The standard InChI is InChI=1S/C34H33ClF3N3O4/c35-26-6-2-1-5-22(26)17-41(24-11-12-24)33(42)30-25(16-23-18-40(34(43)44)19-29(30)39-23)21-9-7-20(8-10-21)4-3-15-45-32-28(37)14-13-27(36)31(32)38/h1-2,5-10,13-14,23-24,29,39H,3-4,11-12,15-19H2,(H,43,44). The zero-order chi connectivity index (χ0) is 31.7. The van der Waals surface area contributed by atoms with Crippen molar-refractivity contribution < 1.29 is 32.6 Å². The highest BCUT2D eigenvalue weighted by molar-refractivity contribution is 6.31. The highest BCUT2D eigenvalue weighted by Crippen LogP contribution is 2.38. The number of fused-ring (bicyclic) bond motifs is 2. The average molecular weight is 640 g/mol. The summed E-state index contributed by atoms with van der Waals surface area (Å²) < 4.78 is 46.4. The fourth-order valence-electron chi connectivity index (χ4n) is 6.21. The third-order valence-corrected chi connectivity index (χ3v) is 8.98. The molecule has 236 valence electrons. The number of carboxylic acid groups (broad SMARTS) is 1. The Balaban J connectivity index is 1.23. The highest BCUT2D eigenvalue weighted by atomic mass is 35.5. The third kappa shape index (κ3) is 6.82. The van der Waals surface area contributed by atoms with Crippen LogP contribution in [0.15, 0.2) is 66.2 Å². The zero-order valence-electron chi connectivity index (χ0n) is 24.4. The summed E-state index contributed by atoms with van der Waals surface area (Å²) in [6.45, 7) is 0.864. The van der Waals surface area contributed by atoms with Crippen molar-refractivity contribution in [1.29, 1.82) is 0 Å². The molecule has 1 aliphatic carbocycles. The highest BCUT2D eigenvalue weighted by Gasteiger charge is 2.43. The van der Waals surface area contributed by atoms with Crippen molar-refractivity contribution in [3.8, 4) is 5.75 Å². The molecule has 11 heteroatoms. The van der Waals surface area contributed by atoms with Crippen LogP contribution in [0.2, 0.25) is 5.02 Å². The second-order valence-electron chi connectivity index (χ2n) is 11.8. The van der Waals surface area contributed by atoms with Gasteiger partial charge in [-0.15, -0.1) is 0 Å². The fourth-order valence-corrected chi connectivity index (χ4v) is 6.40. The monoisotopic (exact) mass is 639 g/mol. The van der Waals surface area contributed by atoms with Crippen LogP contribution in [-0.4, -0.2) is 64.7 Å². The minimum Gasteiger partial charge on any atom is -0.488 e. The lowest BCUT2D eigenvalue weighted by atomic mass is 9.82. The van der Waals surface area contributed by atoms with Gasteiger partial charge in [-0.25, -0.2) is 13.6 Å². The number of aryl methyl sites for hydroxylation is 1. The van der Waals surface area contributed by atoms with Gasteiger partial charge in [0.05, 0.1) is 12.6 Å². The predicted molar refractivity (Wildman–Crippen MR) is 163 cm³/mol. The Morgan fingerprint density at radius 3 is 2.44 bits per heavy atom. The fraction of sp³-hybridized carbons (Fsp3) is 0.353. The van der Waals surface area contributed by atoms with Crippen molar-refractivity contribution in [2.45, 2.75) is 56.8 Å². The molecule has 3 aliphatic rings. The minimum atomic E-state index is -1.34. The molecule has 2 atom stereocenters. The van der Waals surface area contributed by atoms with Crippen LogP contribution in [0, 0.1) is 17.5 Å². The molecule has 1 saturated heterocycles. The molecule has 1 saturated carbocycles. The van der Waals surface area contributed by atoms with Gasteiger partial charge in [0.1, 0.15) is 0 Å². The summed E-state index contributed by atoms with van der Waals surface area (Å²) in [5, 5.41) is 13.9. The number of nitrogens with one attached hydrogen (secondary N) is 1. The van der Waals surface area contributed by atoms with E-state index in [-0.39, 0.29) is 31.1 Å². The van der Waals surface area contributed by atoms with Gasteiger partial charge < -0.3 is 25.0 Å². The second-order valence-corrected chi connectivity index (χ2v) is 12.2. The van der Waals surface area contributed by atoms with Crippen molar-refractivity contribution in [3.63, 3.8) is 0 Å². The molecule has 2 fully saturated rings. The van der Waals surface area contributed by atoms with Crippen molar-refractivity contribution in [2.24, 2.45) is 0 Å². The first-order valence-electron chi connectivity index (χ1n) is 15.1. The minimum absolute atomic E-state index is 0.000383. The van der Waals surface area contributed by atoms with Gasteiger partial charge in [-0.1, -0.05) is 54.1 Å². The van der Waals surface area contributed by atoms with E-state index in [1.807, 2.05) is 53.4 Å². The molecule has 2 N–H and O–H groups in total. The van der Waals surface area contributed by atoms with Gasteiger partial charge in [-0.3, -0.25) is 4.79 Å². The van der Waals surface area contributed by atoms with Gasteiger partial charge >= 0.3 is 6.09 Å². The number of piperazine rings is 1. The number of halogens is 4. The van der Waals surface area contributed by atoms with Gasteiger partial charge in [0.15, 0.2) is 17.4 Å². The van der Waals surface area contributed by atoms with E-state index >= 15 is 0 Å². The largest absolute Gasteiger partial charge is 0.488 e. The van der Waals surface area contributed by atoms with E-state index < -0.39 is 35.3 Å². The Hall–Kier alpha value is -4.02. The van der Waals surface area contributed by atoms with Gasteiger partial charge in [-0.05, 0) is 72.6 Å². The summed E-state index contributed by atoms with van der Waals surface area (Å²) in [6.07, 6.45) is 2.28. The molecule has 3 aromatic rings. The maximum absolute atomic E-state index is 14.4. The van der Waals surface area contributed by atoms with Gasteiger partial charge in [0.2, 0.25) is 5.82 Å². The van der Waals surface area contributed by atoms with Crippen LogP contribution in [0.4, 0.5) is 18.0 Å². The van der Waals surface area contributed by atoms with Crippen molar-refractivity contribution >= 4 is 29.2 Å². The Labute approximate surface area is 264 Å². The number of hydrogen-bond donors (Lipinski definition) is 2. The van der Waals surface area contributed by atoms with Crippen molar-refractivity contribution in [3.05, 3.63) is 105 Å². The number of ether oxygens (including phenoxy) is 1. The van der Waals surface area contributed by atoms with E-state index in [9.17, 15) is 27.9 Å². The Bertz CT molecular complexity index is 1630. The SMILES string of the molecule is O=C(O)N1CC2CC(c3ccc(CCCOc4c(F)ccc(F)c4F)cc3)=C(C(=O)N(Cc3ccccc3Cl)C3CC3)C(C1)N2. The van der Waals surface area contributed by atoms with Crippen LogP contribution >= 0.6 is 11.6 Å². The van der Waals surface area contributed by atoms with E-state index in [4.69, 9.17) is 16.3 Å². The predicted octanol–water partition coefficient (Wildman–Crippen LogP) is 6.44. The van der Waals surface area contributed by atoms with Crippen LogP contribution in [0.25, 0.3) is 5.57 Å². The third-order valence-electron chi connectivity index (χ3n) is 8.61. The lowest BCUT2D eigenvalue weighted by Crippen LogP contribution is -2.62. The smallest absolute Gasteiger partial charge is 0.407 e. The molecule has 2 unspecified atom stereocenters. The molecular weight excluding hydrogens is 607 g/mol. The second kappa shape index (κ2) is 13.1. The molecule has 7 nitrogen and oxygen atoms in total. The number of hydrogen-bond acceptors (Lipinski definition) is 4. The van der Waals surface area contributed by atoms with Gasteiger partial charge in [-0.2, -0.15) is 4.39 Å². The first kappa shape index (κ1) is 31.0. The quantitative estimate of drug-likeness (QED) is 0.197. The number of carbonyl (C=O) groups is 2. The molecule has 2 aliphatic heterocycles. The van der Waals surface area contributed by atoms with Gasteiger partial charge in [0.25, 0.3) is 5.91 Å². The molecule has 3 aromatic carbocycles. The molecule has 0 spiro atoms. The summed E-state index contributed by atoms with van der Waals surface area (Å²) in [6, 6.07) is 16.3. The molecule has 2 amide bonds. The first-order chi connectivity index (χ1) is 21.7.